The predicted octanol–water partition coefficient (Wildman–Crippen LogP) is 12.0. The van der Waals surface area contributed by atoms with Gasteiger partial charge in [-0.1, -0.05) is 111 Å². The van der Waals surface area contributed by atoms with Crippen LogP contribution in [-0.2, 0) is 23.4 Å². The third kappa shape index (κ3) is 8.09. The minimum absolute atomic E-state index is 0.0312. The molecule has 2 saturated heterocycles. The summed E-state index contributed by atoms with van der Waals surface area (Å²) in [6, 6.07) is 10.3. The summed E-state index contributed by atoms with van der Waals surface area (Å²) in [5.74, 6) is 9.19. The van der Waals surface area contributed by atoms with Gasteiger partial charge in [0.25, 0.3) is 0 Å². The van der Waals surface area contributed by atoms with Gasteiger partial charge in [0, 0.05) is 5.56 Å². The van der Waals surface area contributed by atoms with Crippen LogP contribution in [0.1, 0.15) is 144 Å². The van der Waals surface area contributed by atoms with Gasteiger partial charge in [-0.3, -0.25) is 0 Å². The zero-order chi connectivity index (χ0) is 39.3. The molecular weight excluding hydrogens is 697 g/mol. The molecule has 2 aliphatic heterocycles. The maximum Gasteiger partial charge on any atom is 0.192 e. The Morgan fingerprint density at radius 1 is 0.873 bits per heavy atom. The van der Waals surface area contributed by atoms with Crippen LogP contribution in [0.5, 0.6) is 0 Å². The number of hydrogen-bond acceptors (Lipinski definition) is 5. The number of hydrogen-bond donors (Lipinski definition) is 0. The van der Waals surface area contributed by atoms with Crippen LogP contribution in [0.2, 0.25) is 18.1 Å². The van der Waals surface area contributed by atoms with Crippen molar-refractivity contribution in [2.24, 2.45) is 58.2 Å². The monoisotopic (exact) mass is 775 g/mol. The molecule has 4 aliphatic carbocycles. The minimum atomic E-state index is -2.24. The van der Waals surface area contributed by atoms with Gasteiger partial charge in [-0.2, -0.15) is 0 Å². The standard InChI is InChI=1S/C49H78O5Si/c1-12-29-50-44-42(52-41-31-51-46(34-19-14-13-15-20-34)53-43(41)45(44)54-55(10,11)47(5,6)7)35-25-27-48(8)36(30-35)21-22-37-39-24-23-38(33(4)18-16-17-32(2)3)49(39,9)28-26-40(37)48/h1,13-15,19-20,32-33,35-46H,16-18,21-31H2,2-11H3/t33-,35+,36+,37+,38-,39+,40+,41-,42+,43-,44-,45+,46?,48+,49-/m1/s1. The zero-order valence-corrected chi connectivity index (χ0v) is 37.5. The quantitative estimate of drug-likeness (QED) is 0.165. The number of terminal acetylenes is 1. The van der Waals surface area contributed by atoms with Crippen molar-refractivity contribution in [1.82, 2.24) is 0 Å². The van der Waals surface area contributed by atoms with E-state index in [2.05, 4.69) is 86.5 Å². The summed E-state index contributed by atoms with van der Waals surface area (Å²) in [4.78, 5) is 0. The van der Waals surface area contributed by atoms with Crippen molar-refractivity contribution in [3.63, 3.8) is 0 Å². The Morgan fingerprint density at radius 2 is 1.60 bits per heavy atom. The average molecular weight is 775 g/mol. The highest BCUT2D eigenvalue weighted by Crippen LogP contribution is 2.69. The molecule has 2 heterocycles. The molecule has 0 N–H and O–H groups in total. The van der Waals surface area contributed by atoms with Crippen LogP contribution in [-0.4, -0.2) is 52.1 Å². The lowest BCUT2D eigenvalue weighted by Crippen LogP contribution is -2.67. The third-order valence-electron chi connectivity index (χ3n) is 17.4. The fraction of sp³-hybridized carbons (Fsp3) is 0.837. The van der Waals surface area contributed by atoms with E-state index >= 15 is 0 Å². The number of rotatable bonds is 11. The van der Waals surface area contributed by atoms with Gasteiger partial charge < -0.3 is 23.4 Å². The molecule has 0 aromatic heterocycles. The summed E-state index contributed by atoms with van der Waals surface area (Å²) in [6.45, 7) is 25.2. The van der Waals surface area contributed by atoms with Crippen molar-refractivity contribution in [2.45, 2.75) is 187 Å². The van der Waals surface area contributed by atoms with E-state index < -0.39 is 14.6 Å². The van der Waals surface area contributed by atoms with E-state index in [0.717, 1.165) is 47.0 Å². The number of fused-ring (bicyclic) bond motifs is 6. The second kappa shape index (κ2) is 16.4. The first-order valence-corrected chi connectivity index (χ1v) is 25.7. The first-order valence-electron chi connectivity index (χ1n) is 22.8. The van der Waals surface area contributed by atoms with Crippen LogP contribution in [0.3, 0.4) is 0 Å². The number of ether oxygens (including phenoxy) is 4. The smallest absolute Gasteiger partial charge is 0.192 e. The van der Waals surface area contributed by atoms with Gasteiger partial charge >= 0.3 is 0 Å². The molecule has 1 unspecified atom stereocenters. The van der Waals surface area contributed by atoms with Crippen molar-refractivity contribution in [3.05, 3.63) is 35.9 Å². The first-order chi connectivity index (χ1) is 26.1. The highest BCUT2D eigenvalue weighted by Gasteiger charge is 2.62. The molecule has 4 saturated carbocycles. The molecule has 55 heavy (non-hydrogen) atoms. The van der Waals surface area contributed by atoms with E-state index in [4.69, 9.17) is 29.8 Å². The van der Waals surface area contributed by atoms with Gasteiger partial charge in [-0.05, 0) is 134 Å². The fourth-order valence-corrected chi connectivity index (χ4v) is 14.7. The van der Waals surface area contributed by atoms with Crippen molar-refractivity contribution in [2.75, 3.05) is 13.2 Å². The van der Waals surface area contributed by atoms with Crippen LogP contribution < -0.4 is 0 Å². The lowest BCUT2D eigenvalue weighted by atomic mass is 9.43. The fourth-order valence-electron chi connectivity index (χ4n) is 13.4. The van der Waals surface area contributed by atoms with E-state index in [1.807, 2.05) is 18.2 Å². The highest BCUT2D eigenvalue weighted by atomic mass is 28.4. The van der Waals surface area contributed by atoms with Crippen molar-refractivity contribution >= 4 is 8.32 Å². The van der Waals surface area contributed by atoms with Crippen molar-refractivity contribution in [3.8, 4) is 12.3 Å². The van der Waals surface area contributed by atoms with E-state index in [-0.39, 0.29) is 42.2 Å². The summed E-state index contributed by atoms with van der Waals surface area (Å²) >= 11 is 0. The molecule has 6 fully saturated rings. The maximum absolute atomic E-state index is 7.42. The second-order valence-electron chi connectivity index (χ2n) is 21.9. The maximum atomic E-state index is 7.42. The van der Waals surface area contributed by atoms with E-state index in [9.17, 15) is 0 Å². The molecular formula is C49H78O5Si. The largest absolute Gasteiger partial charge is 0.408 e. The van der Waals surface area contributed by atoms with Crippen molar-refractivity contribution in [1.29, 1.82) is 0 Å². The second-order valence-corrected chi connectivity index (χ2v) is 26.6. The zero-order valence-electron chi connectivity index (χ0n) is 36.5. The highest BCUT2D eigenvalue weighted by molar-refractivity contribution is 6.74. The molecule has 6 heteroatoms. The molecule has 15 atom stereocenters. The Labute approximate surface area is 337 Å². The van der Waals surface area contributed by atoms with Gasteiger partial charge in [0.05, 0.1) is 12.7 Å². The molecule has 1 aromatic rings. The molecule has 6 aliphatic rings. The Kier molecular flexibility index (Phi) is 12.5. The summed E-state index contributed by atoms with van der Waals surface area (Å²) in [6.07, 6.45) is 20.7. The van der Waals surface area contributed by atoms with E-state index in [0.29, 0.717) is 23.4 Å². The summed E-state index contributed by atoms with van der Waals surface area (Å²) in [5.41, 5.74) is 1.96. The minimum Gasteiger partial charge on any atom is -0.408 e. The van der Waals surface area contributed by atoms with Crippen LogP contribution >= 0.6 is 0 Å². The molecule has 5 nitrogen and oxygen atoms in total. The van der Waals surface area contributed by atoms with Gasteiger partial charge in [0.15, 0.2) is 14.6 Å². The molecule has 7 rings (SSSR count). The summed E-state index contributed by atoms with van der Waals surface area (Å²) < 4.78 is 34.7. The van der Waals surface area contributed by atoms with Crippen LogP contribution in [0, 0.1) is 70.5 Å². The topological polar surface area (TPSA) is 46.2 Å². The lowest BCUT2D eigenvalue weighted by Gasteiger charge is -2.62. The Morgan fingerprint density at radius 3 is 2.31 bits per heavy atom. The third-order valence-corrected chi connectivity index (χ3v) is 21.9. The lowest BCUT2D eigenvalue weighted by molar-refractivity contribution is -0.336. The molecule has 308 valence electrons. The molecule has 0 radical (unpaired) electrons. The predicted molar refractivity (Wildman–Crippen MR) is 226 cm³/mol. The van der Waals surface area contributed by atoms with Crippen molar-refractivity contribution < 1.29 is 23.4 Å². The van der Waals surface area contributed by atoms with Gasteiger partial charge in [0.1, 0.15) is 31.0 Å². The van der Waals surface area contributed by atoms with Gasteiger partial charge in [0.2, 0.25) is 0 Å². The molecule has 1 aromatic carbocycles. The van der Waals surface area contributed by atoms with Crippen LogP contribution in [0.15, 0.2) is 30.3 Å². The summed E-state index contributed by atoms with van der Waals surface area (Å²) in [7, 11) is -2.24. The Balaban J connectivity index is 1.09. The first kappa shape index (κ1) is 41.9. The normalized spacial score (nSPS) is 42.4. The van der Waals surface area contributed by atoms with Gasteiger partial charge in [-0.15, -0.1) is 6.42 Å². The Hall–Kier alpha value is -1.20. The van der Waals surface area contributed by atoms with Gasteiger partial charge in [-0.25, -0.2) is 0 Å². The van der Waals surface area contributed by atoms with E-state index in [1.54, 1.807) is 0 Å². The molecule has 0 spiro atoms. The number of benzene rings is 1. The van der Waals surface area contributed by atoms with Crippen LogP contribution in [0.4, 0.5) is 0 Å². The van der Waals surface area contributed by atoms with Crippen LogP contribution in [0.25, 0.3) is 0 Å². The molecule has 0 bridgehead atoms. The SMILES string of the molecule is C#CCO[C@H]1[C@@H](O[Si](C)(C)C(C)(C)C)[C@@H]2OC(c3ccccc3)OC[C@H]2O[C@H]1[C@H]1CC[C@@]2(C)[C@@H](CC[C@@H]3[C@@H]2CC[C@]2(C)[C@@H]([C@H](C)CCCC(C)C)CC[C@@H]32)C1. The van der Waals surface area contributed by atoms with E-state index in [1.165, 1.54) is 77.0 Å². The Bertz CT molecular complexity index is 1470. The summed E-state index contributed by atoms with van der Waals surface area (Å²) in [5, 5.41) is 0.0312. The molecule has 0 amide bonds. The average Bonchev–Trinajstić information content (AvgIpc) is 3.50.